The van der Waals surface area contributed by atoms with Gasteiger partial charge in [0.2, 0.25) is 0 Å². The predicted octanol–water partition coefficient (Wildman–Crippen LogP) is 2.75. The van der Waals surface area contributed by atoms with Gasteiger partial charge in [-0.3, -0.25) is 4.98 Å². The summed E-state index contributed by atoms with van der Waals surface area (Å²) in [4.78, 5) is 3.62. The van der Waals surface area contributed by atoms with E-state index in [9.17, 15) is 13.2 Å². The molecule has 0 aliphatic carbocycles. The molecule has 0 spiro atoms. The van der Waals surface area contributed by atoms with E-state index in [0.29, 0.717) is 0 Å². The van der Waals surface area contributed by atoms with E-state index in [4.69, 9.17) is 0 Å². The van der Waals surface area contributed by atoms with Gasteiger partial charge in [-0.05, 0) is 18.6 Å². The van der Waals surface area contributed by atoms with Crippen molar-refractivity contribution >= 4 is 0 Å². The van der Waals surface area contributed by atoms with Crippen molar-refractivity contribution in [2.75, 3.05) is 0 Å². The molecule has 1 heterocycles. The lowest BCUT2D eigenvalue weighted by Gasteiger charge is -2.14. The molecule has 12 heavy (non-hydrogen) atoms. The molecule has 1 atom stereocenters. The first-order valence-electron chi connectivity index (χ1n) is 3.48. The molecule has 4 heteroatoms. The standard InChI is InChI=1S/C8H8F3N/c1-6(8(9,10)11)7-3-2-4-12-5-7/h2-6H,1H3. The highest BCUT2D eigenvalue weighted by Crippen LogP contribution is 2.33. The zero-order valence-electron chi connectivity index (χ0n) is 6.47. The number of rotatable bonds is 1. The lowest BCUT2D eigenvalue weighted by atomic mass is 10.0. The number of alkyl halides is 3. The van der Waals surface area contributed by atoms with Crippen molar-refractivity contribution in [1.29, 1.82) is 0 Å². The highest BCUT2D eigenvalue weighted by molar-refractivity contribution is 5.15. The molecule has 0 saturated carbocycles. The van der Waals surface area contributed by atoms with Crippen LogP contribution in [0.25, 0.3) is 0 Å². The Morgan fingerprint density at radius 3 is 2.50 bits per heavy atom. The first-order chi connectivity index (χ1) is 5.52. The van der Waals surface area contributed by atoms with Gasteiger partial charge in [-0.2, -0.15) is 13.2 Å². The minimum atomic E-state index is -4.18. The Morgan fingerprint density at radius 1 is 1.42 bits per heavy atom. The molecule has 0 aromatic carbocycles. The number of aromatic nitrogens is 1. The van der Waals surface area contributed by atoms with Gasteiger partial charge in [-0.1, -0.05) is 6.07 Å². The van der Waals surface area contributed by atoms with Crippen molar-refractivity contribution in [2.24, 2.45) is 0 Å². The average molecular weight is 175 g/mol. The summed E-state index contributed by atoms with van der Waals surface area (Å²) in [5, 5.41) is 0. The van der Waals surface area contributed by atoms with Crippen LogP contribution < -0.4 is 0 Å². The van der Waals surface area contributed by atoms with Crippen LogP contribution in [0.2, 0.25) is 0 Å². The zero-order valence-corrected chi connectivity index (χ0v) is 6.47. The van der Waals surface area contributed by atoms with Crippen LogP contribution in [0.3, 0.4) is 0 Å². The van der Waals surface area contributed by atoms with E-state index in [1.54, 1.807) is 0 Å². The number of halogens is 3. The number of hydrogen-bond acceptors (Lipinski definition) is 1. The van der Waals surface area contributed by atoms with E-state index >= 15 is 0 Å². The van der Waals surface area contributed by atoms with Crippen LogP contribution in [0.1, 0.15) is 18.4 Å². The Hall–Kier alpha value is -1.06. The summed E-state index contributed by atoms with van der Waals surface area (Å²) in [6.45, 7) is 1.12. The number of hydrogen-bond donors (Lipinski definition) is 0. The summed E-state index contributed by atoms with van der Waals surface area (Å²) >= 11 is 0. The van der Waals surface area contributed by atoms with Crippen molar-refractivity contribution in [3.8, 4) is 0 Å². The Morgan fingerprint density at radius 2 is 2.08 bits per heavy atom. The summed E-state index contributed by atoms with van der Waals surface area (Å²) in [7, 11) is 0. The molecule has 66 valence electrons. The number of nitrogens with zero attached hydrogens (tertiary/aromatic N) is 1. The van der Waals surface area contributed by atoms with E-state index in [1.165, 1.54) is 24.5 Å². The molecule has 1 rings (SSSR count). The molecule has 0 saturated heterocycles. The monoisotopic (exact) mass is 175 g/mol. The average Bonchev–Trinajstić information content (AvgIpc) is 2.03. The topological polar surface area (TPSA) is 12.9 Å². The Labute approximate surface area is 68.2 Å². The van der Waals surface area contributed by atoms with Crippen LogP contribution in [0, 0.1) is 0 Å². The maximum absolute atomic E-state index is 12.1. The third kappa shape index (κ3) is 1.96. The highest BCUT2D eigenvalue weighted by Gasteiger charge is 2.36. The van der Waals surface area contributed by atoms with Crippen molar-refractivity contribution in [1.82, 2.24) is 4.98 Å². The maximum atomic E-state index is 12.1. The second-order valence-electron chi connectivity index (χ2n) is 2.55. The molecule has 0 N–H and O–H groups in total. The first-order valence-corrected chi connectivity index (χ1v) is 3.48. The van der Waals surface area contributed by atoms with Gasteiger partial charge < -0.3 is 0 Å². The summed E-state index contributed by atoms with van der Waals surface area (Å²) in [6, 6.07) is 2.92. The summed E-state index contributed by atoms with van der Waals surface area (Å²) < 4.78 is 36.3. The normalized spacial score (nSPS) is 14.3. The van der Waals surface area contributed by atoms with E-state index in [-0.39, 0.29) is 5.56 Å². The quantitative estimate of drug-likeness (QED) is 0.639. The minimum Gasteiger partial charge on any atom is -0.264 e. The molecule has 1 aromatic rings. The predicted molar refractivity (Wildman–Crippen MR) is 38.7 cm³/mol. The van der Waals surface area contributed by atoms with Crippen molar-refractivity contribution < 1.29 is 13.2 Å². The van der Waals surface area contributed by atoms with E-state index in [2.05, 4.69) is 4.98 Å². The van der Waals surface area contributed by atoms with Gasteiger partial charge in [0.25, 0.3) is 0 Å². The molecule has 0 aliphatic rings. The van der Waals surface area contributed by atoms with Gasteiger partial charge in [0.1, 0.15) is 0 Å². The Balaban J connectivity index is 2.86. The zero-order chi connectivity index (χ0) is 9.19. The smallest absolute Gasteiger partial charge is 0.264 e. The molecule has 1 aromatic heterocycles. The maximum Gasteiger partial charge on any atom is 0.395 e. The summed E-state index contributed by atoms with van der Waals surface area (Å²) in [6.07, 6.45) is -1.49. The van der Waals surface area contributed by atoms with Gasteiger partial charge in [-0.15, -0.1) is 0 Å². The van der Waals surface area contributed by atoms with Crippen LogP contribution >= 0.6 is 0 Å². The largest absolute Gasteiger partial charge is 0.395 e. The fourth-order valence-electron chi connectivity index (χ4n) is 0.821. The second kappa shape index (κ2) is 3.13. The van der Waals surface area contributed by atoms with Crippen LogP contribution in [0.15, 0.2) is 24.5 Å². The van der Waals surface area contributed by atoms with E-state index in [1.807, 2.05) is 0 Å². The number of pyridine rings is 1. The molecule has 1 nitrogen and oxygen atoms in total. The lowest BCUT2D eigenvalue weighted by Crippen LogP contribution is -2.17. The molecule has 0 aliphatic heterocycles. The molecule has 0 amide bonds. The van der Waals surface area contributed by atoms with Crippen molar-refractivity contribution in [2.45, 2.75) is 19.0 Å². The molecular formula is C8H8F3N. The Bertz CT molecular complexity index is 242. The summed E-state index contributed by atoms with van der Waals surface area (Å²) in [5.74, 6) is -1.44. The second-order valence-corrected chi connectivity index (χ2v) is 2.55. The third-order valence-electron chi connectivity index (χ3n) is 1.68. The third-order valence-corrected chi connectivity index (χ3v) is 1.68. The van der Waals surface area contributed by atoms with Gasteiger partial charge >= 0.3 is 6.18 Å². The van der Waals surface area contributed by atoms with Crippen LogP contribution in [-0.4, -0.2) is 11.2 Å². The SMILES string of the molecule is CC(c1cccnc1)C(F)(F)F. The van der Waals surface area contributed by atoms with Gasteiger partial charge in [0.15, 0.2) is 0 Å². The van der Waals surface area contributed by atoms with Crippen LogP contribution in [0.5, 0.6) is 0 Å². The van der Waals surface area contributed by atoms with E-state index < -0.39 is 12.1 Å². The van der Waals surface area contributed by atoms with Crippen LogP contribution in [0.4, 0.5) is 13.2 Å². The molecule has 1 unspecified atom stereocenters. The van der Waals surface area contributed by atoms with Gasteiger partial charge in [0, 0.05) is 12.4 Å². The fraction of sp³-hybridized carbons (Fsp3) is 0.375. The van der Waals surface area contributed by atoms with Crippen molar-refractivity contribution in [3.63, 3.8) is 0 Å². The summed E-state index contributed by atoms with van der Waals surface area (Å²) in [5.41, 5.74) is 0.199. The van der Waals surface area contributed by atoms with Gasteiger partial charge in [-0.25, -0.2) is 0 Å². The molecule has 0 radical (unpaired) electrons. The highest BCUT2D eigenvalue weighted by atomic mass is 19.4. The van der Waals surface area contributed by atoms with E-state index in [0.717, 1.165) is 6.92 Å². The lowest BCUT2D eigenvalue weighted by molar-refractivity contribution is -0.146. The molecule has 0 bridgehead atoms. The first kappa shape index (κ1) is 9.03. The Kier molecular flexibility index (Phi) is 2.35. The minimum absolute atomic E-state index is 0.199. The molecular weight excluding hydrogens is 167 g/mol. The van der Waals surface area contributed by atoms with Crippen molar-refractivity contribution in [3.05, 3.63) is 30.1 Å². The fourth-order valence-corrected chi connectivity index (χ4v) is 0.821. The van der Waals surface area contributed by atoms with Gasteiger partial charge in [0.05, 0.1) is 5.92 Å². The molecule has 0 fully saturated rings. The van der Waals surface area contributed by atoms with Crippen LogP contribution in [-0.2, 0) is 0 Å².